The van der Waals surface area contributed by atoms with Gasteiger partial charge in [-0.1, -0.05) is 6.07 Å². The molecule has 0 bridgehead atoms. The van der Waals surface area contributed by atoms with Gasteiger partial charge in [0, 0.05) is 37.1 Å². The van der Waals surface area contributed by atoms with Crippen molar-refractivity contribution >= 4 is 23.2 Å². The molecule has 2 amide bonds. The fourth-order valence-corrected chi connectivity index (χ4v) is 3.66. The van der Waals surface area contributed by atoms with Gasteiger partial charge in [0.15, 0.2) is 0 Å². The lowest BCUT2D eigenvalue weighted by Crippen LogP contribution is -2.42. The highest BCUT2D eigenvalue weighted by molar-refractivity contribution is 7.09. The lowest BCUT2D eigenvalue weighted by Gasteiger charge is -2.31. The number of hydrogen-bond acceptors (Lipinski definition) is 5. The van der Waals surface area contributed by atoms with Crippen LogP contribution in [0.3, 0.4) is 0 Å². The highest BCUT2D eigenvalue weighted by Gasteiger charge is 2.29. The van der Waals surface area contributed by atoms with Gasteiger partial charge in [0.05, 0.1) is 13.7 Å². The van der Waals surface area contributed by atoms with Gasteiger partial charge in [0.1, 0.15) is 5.56 Å². The number of aryl methyl sites for hydroxylation is 1. The molecule has 0 saturated carbocycles. The minimum absolute atomic E-state index is 0.0418. The Hall–Kier alpha value is -2.35. The molecule has 134 valence electrons. The summed E-state index contributed by atoms with van der Waals surface area (Å²) in [5, 5.41) is 9.11. The first-order chi connectivity index (χ1) is 12.1. The van der Waals surface area contributed by atoms with Gasteiger partial charge < -0.3 is 15.0 Å². The standard InChI is InChI=1S/C17H22N4O3S/c1-20-11-14(16(19-20)24-2)17(23)21-7-5-12(6-8-21)15(22)18-10-13-4-3-9-25-13/h3-4,9,11-12H,5-8,10H2,1-2H3,(H,18,22). The van der Waals surface area contributed by atoms with Crippen molar-refractivity contribution in [1.82, 2.24) is 20.0 Å². The van der Waals surface area contributed by atoms with Crippen LogP contribution in [-0.2, 0) is 18.4 Å². The third kappa shape index (κ3) is 4.01. The second-order valence-corrected chi connectivity index (χ2v) is 7.12. The van der Waals surface area contributed by atoms with Crippen LogP contribution in [0.25, 0.3) is 0 Å². The van der Waals surface area contributed by atoms with Crippen LogP contribution in [0, 0.1) is 5.92 Å². The molecule has 0 aliphatic carbocycles. The van der Waals surface area contributed by atoms with Crippen LogP contribution in [0.1, 0.15) is 28.1 Å². The number of aromatic nitrogens is 2. The van der Waals surface area contributed by atoms with Gasteiger partial charge in [-0.15, -0.1) is 16.4 Å². The third-order valence-corrected chi connectivity index (χ3v) is 5.26. The number of ether oxygens (including phenoxy) is 1. The largest absolute Gasteiger partial charge is 0.479 e. The summed E-state index contributed by atoms with van der Waals surface area (Å²) in [6.07, 6.45) is 3.01. The average Bonchev–Trinajstić information content (AvgIpc) is 3.28. The molecule has 0 aromatic carbocycles. The Morgan fingerprint density at radius 1 is 1.40 bits per heavy atom. The van der Waals surface area contributed by atoms with E-state index in [0.717, 1.165) is 4.88 Å². The topological polar surface area (TPSA) is 76.5 Å². The summed E-state index contributed by atoms with van der Waals surface area (Å²) in [5.74, 6) is 0.268. The number of carbonyl (C=O) groups excluding carboxylic acids is 2. The Kier molecular flexibility index (Phi) is 5.37. The highest BCUT2D eigenvalue weighted by Crippen LogP contribution is 2.23. The first kappa shape index (κ1) is 17.5. The molecule has 7 nitrogen and oxygen atoms in total. The van der Waals surface area contributed by atoms with Crippen molar-refractivity contribution in [2.24, 2.45) is 13.0 Å². The van der Waals surface area contributed by atoms with Crippen LogP contribution in [0.5, 0.6) is 5.88 Å². The van der Waals surface area contributed by atoms with Crippen molar-refractivity contribution < 1.29 is 14.3 Å². The number of thiophene rings is 1. The Morgan fingerprint density at radius 2 is 2.16 bits per heavy atom. The van der Waals surface area contributed by atoms with E-state index in [0.29, 0.717) is 43.9 Å². The second kappa shape index (κ2) is 7.69. The predicted octanol–water partition coefficient (Wildman–Crippen LogP) is 1.66. The van der Waals surface area contributed by atoms with E-state index in [1.54, 1.807) is 34.2 Å². The number of hydrogen-bond donors (Lipinski definition) is 1. The summed E-state index contributed by atoms with van der Waals surface area (Å²) < 4.78 is 6.73. The van der Waals surface area contributed by atoms with E-state index in [1.807, 2.05) is 17.5 Å². The molecule has 3 rings (SSSR count). The molecule has 8 heteroatoms. The number of nitrogens with one attached hydrogen (secondary N) is 1. The molecule has 1 aliphatic heterocycles. The van der Waals surface area contributed by atoms with E-state index >= 15 is 0 Å². The first-order valence-corrected chi connectivity index (χ1v) is 9.13. The predicted molar refractivity (Wildman–Crippen MR) is 94.6 cm³/mol. The lowest BCUT2D eigenvalue weighted by molar-refractivity contribution is -0.126. The van der Waals surface area contributed by atoms with Gasteiger partial charge in [-0.2, -0.15) is 0 Å². The van der Waals surface area contributed by atoms with E-state index < -0.39 is 0 Å². The molecule has 0 radical (unpaired) electrons. The minimum Gasteiger partial charge on any atom is -0.479 e. The van der Waals surface area contributed by atoms with Crippen LogP contribution in [-0.4, -0.2) is 46.7 Å². The van der Waals surface area contributed by atoms with Gasteiger partial charge in [0.2, 0.25) is 11.8 Å². The van der Waals surface area contributed by atoms with E-state index in [9.17, 15) is 9.59 Å². The number of carbonyl (C=O) groups is 2. The molecule has 1 fully saturated rings. The van der Waals surface area contributed by atoms with Gasteiger partial charge >= 0.3 is 0 Å². The zero-order chi connectivity index (χ0) is 17.8. The smallest absolute Gasteiger partial charge is 0.260 e. The van der Waals surface area contributed by atoms with Gasteiger partial charge in [0.25, 0.3) is 5.91 Å². The molecule has 2 aromatic heterocycles. The first-order valence-electron chi connectivity index (χ1n) is 8.25. The number of methoxy groups -OCH3 is 1. The molecule has 25 heavy (non-hydrogen) atoms. The third-order valence-electron chi connectivity index (χ3n) is 4.39. The summed E-state index contributed by atoms with van der Waals surface area (Å²) in [7, 11) is 3.26. The van der Waals surface area contributed by atoms with Crippen LogP contribution >= 0.6 is 11.3 Å². The van der Waals surface area contributed by atoms with Crippen molar-refractivity contribution in [2.75, 3.05) is 20.2 Å². The van der Waals surface area contributed by atoms with E-state index in [-0.39, 0.29) is 17.7 Å². The Labute approximate surface area is 150 Å². The monoisotopic (exact) mass is 362 g/mol. The van der Waals surface area contributed by atoms with Gasteiger partial charge in [-0.3, -0.25) is 14.3 Å². The molecule has 1 saturated heterocycles. The van der Waals surface area contributed by atoms with Crippen molar-refractivity contribution in [3.05, 3.63) is 34.2 Å². The zero-order valence-corrected chi connectivity index (χ0v) is 15.2. The van der Waals surface area contributed by atoms with E-state index in [2.05, 4.69) is 10.4 Å². The molecule has 1 N–H and O–H groups in total. The quantitative estimate of drug-likeness (QED) is 0.878. The SMILES string of the molecule is COc1nn(C)cc1C(=O)N1CCC(C(=O)NCc2cccs2)CC1. The normalized spacial score (nSPS) is 15.2. The van der Waals surface area contributed by atoms with E-state index in [4.69, 9.17) is 4.74 Å². The molecular weight excluding hydrogens is 340 g/mol. The fraction of sp³-hybridized carbons (Fsp3) is 0.471. The number of rotatable bonds is 5. The Morgan fingerprint density at radius 3 is 2.80 bits per heavy atom. The number of nitrogens with zero attached hydrogens (tertiary/aromatic N) is 3. The van der Waals surface area contributed by atoms with Gasteiger partial charge in [-0.25, -0.2) is 0 Å². The van der Waals surface area contributed by atoms with Crippen LogP contribution in [0.4, 0.5) is 0 Å². The van der Waals surface area contributed by atoms with Crippen LogP contribution < -0.4 is 10.1 Å². The molecule has 3 heterocycles. The lowest BCUT2D eigenvalue weighted by atomic mass is 9.95. The Bertz CT molecular complexity index is 733. The molecule has 0 atom stereocenters. The van der Waals surface area contributed by atoms with Crippen LogP contribution in [0.2, 0.25) is 0 Å². The summed E-state index contributed by atoms with van der Waals surface area (Å²) in [6, 6.07) is 3.98. The van der Waals surface area contributed by atoms with Crippen molar-refractivity contribution in [2.45, 2.75) is 19.4 Å². The maximum Gasteiger partial charge on any atom is 0.260 e. The molecular formula is C17H22N4O3S. The second-order valence-electron chi connectivity index (χ2n) is 6.09. The minimum atomic E-state index is -0.0950. The van der Waals surface area contributed by atoms with Gasteiger partial charge in [-0.05, 0) is 24.3 Å². The van der Waals surface area contributed by atoms with Crippen LogP contribution in [0.15, 0.2) is 23.7 Å². The molecule has 0 spiro atoms. The molecule has 0 unspecified atom stereocenters. The van der Waals surface area contributed by atoms with Crippen molar-refractivity contribution in [1.29, 1.82) is 0 Å². The summed E-state index contributed by atoms with van der Waals surface area (Å²) >= 11 is 1.63. The van der Waals surface area contributed by atoms with E-state index in [1.165, 1.54) is 7.11 Å². The summed E-state index contributed by atoms with van der Waals surface area (Å²) in [5.41, 5.74) is 0.464. The summed E-state index contributed by atoms with van der Waals surface area (Å²) in [4.78, 5) is 27.9. The fourth-order valence-electron chi connectivity index (χ4n) is 3.01. The molecule has 2 aromatic rings. The number of amides is 2. The Balaban J connectivity index is 1.52. The zero-order valence-electron chi connectivity index (χ0n) is 14.4. The molecule has 1 aliphatic rings. The van der Waals surface area contributed by atoms with Crippen molar-refractivity contribution in [3.8, 4) is 5.88 Å². The van der Waals surface area contributed by atoms with Crippen molar-refractivity contribution in [3.63, 3.8) is 0 Å². The number of likely N-dealkylation sites (tertiary alicyclic amines) is 1. The maximum absolute atomic E-state index is 12.6. The average molecular weight is 362 g/mol. The highest BCUT2D eigenvalue weighted by atomic mass is 32.1. The summed E-state index contributed by atoms with van der Waals surface area (Å²) in [6.45, 7) is 1.70. The number of piperidine rings is 1. The maximum atomic E-state index is 12.6.